The van der Waals surface area contributed by atoms with E-state index in [-0.39, 0.29) is 5.82 Å². The average molecular weight is 282 g/mol. The zero-order chi connectivity index (χ0) is 13.7. The largest absolute Gasteiger partial charge is 0.311 e. The molecule has 0 fully saturated rings. The highest BCUT2D eigenvalue weighted by Crippen LogP contribution is 2.16. The van der Waals surface area contributed by atoms with Crippen molar-refractivity contribution >= 4 is 11.6 Å². The first-order valence-corrected chi connectivity index (χ1v) is 6.74. The summed E-state index contributed by atoms with van der Waals surface area (Å²) in [5.41, 5.74) is 1.58. The summed E-state index contributed by atoms with van der Waals surface area (Å²) in [5.74, 6) is -0.257. The minimum atomic E-state index is -0.257. The van der Waals surface area contributed by atoms with Crippen LogP contribution >= 0.6 is 11.6 Å². The van der Waals surface area contributed by atoms with Gasteiger partial charge in [-0.05, 0) is 37.2 Å². The molecule has 0 amide bonds. The molecule has 0 spiro atoms. The van der Waals surface area contributed by atoms with Crippen LogP contribution in [0, 0.1) is 5.82 Å². The summed E-state index contributed by atoms with van der Waals surface area (Å²) < 4.78 is 15.5. The number of rotatable bonds is 6. The summed E-state index contributed by atoms with van der Waals surface area (Å²) in [6.45, 7) is 4.20. The zero-order valence-corrected chi connectivity index (χ0v) is 11.6. The Labute approximate surface area is 117 Å². The van der Waals surface area contributed by atoms with Gasteiger partial charge in [0.2, 0.25) is 0 Å². The van der Waals surface area contributed by atoms with E-state index >= 15 is 0 Å². The molecule has 0 atom stereocenters. The van der Waals surface area contributed by atoms with Crippen LogP contribution in [0.15, 0.2) is 30.5 Å². The van der Waals surface area contributed by atoms with Crippen molar-refractivity contribution < 1.29 is 4.39 Å². The maximum Gasteiger partial charge on any atom is 0.128 e. The number of aromatic nitrogens is 2. The molecule has 0 radical (unpaired) electrons. The van der Waals surface area contributed by atoms with Gasteiger partial charge >= 0.3 is 0 Å². The monoisotopic (exact) mass is 281 g/mol. The number of hydrogen-bond acceptors (Lipinski definition) is 2. The van der Waals surface area contributed by atoms with Crippen molar-refractivity contribution in [2.45, 2.75) is 26.4 Å². The maximum absolute atomic E-state index is 13.7. The predicted molar refractivity (Wildman–Crippen MR) is 74.7 cm³/mol. The van der Waals surface area contributed by atoms with Crippen LogP contribution in [0.3, 0.4) is 0 Å². The van der Waals surface area contributed by atoms with Gasteiger partial charge in [0.05, 0.1) is 12.2 Å². The van der Waals surface area contributed by atoms with Crippen molar-refractivity contribution in [1.29, 1.82) is 0 Å². The Balaban J connectivity index is 2.10. The summed E-state index contributed by atoms with van der Waals surface area (Å²) in [7, 11) is 0. The molecular formula is C14H17ClFN3. The number of nitrogens with one attached hydrogen (secondary N) is 1. The molecule has 1 aromatic heterocycles. The van der Waals surface area contributed by atoms with Crippen LogP contribution in [0.4, 0.5) is 4.39 Å². The molecule has 1 heterocycles. The molecule has 102 valence electrons. The Kier molecular flexibility index (Phi) is 4.93. The third kappa shape index (κ3) is 3.78. The first-order chi connectivity index (χ1) is 9.20. The van der Waals surface area contributed by atoms with E-state index in [1.54, 1.807) is 23.0 Å². The van der Waals surface area contributed by atoms with Crippen LogP contribution in [0.2, 0.25) is 5.02 Å². The van der Waals surface area contributed by atoms with Crippen LogP contribution in [-0.4, -0.2) is 16.3 Å². The lowest BCUT2D eigenvalue weighted by Crippen LogP contribution is -2.18. The number of hydrogen-bond donors (Lipinski definition) is 1. The van der Waals surface area contributed by atoms with E-state index < -0.39 is 0 Å². The third-order valence-electron chi connectivity index (χ3n) is 2.87. The van der Waals surface area contributed by atoms with Crippen LogP contribution in [0.5, 0.6) is 0 Å². The zero-order valence-electron chi connectivity index (χ0n) is 10.9. The lowest BCUT2D eigenvalue weighted by atomic mass is 10.2. The first kappa shape index (κ1) is 14.0. The highest BCUT2D eigenvalue weighted by Gasteiger charge is 2.07. The number of nitrogens with zero attached hydrogens (tertiary/aromatic N) is 2. The van der Waals surface area contributed by atoms with Gasteiger partial charge in [0.15, 0.2) is 0 Å². The van der Waals surface area contributed by atoms with E-state index in [1.807, 2.05) is 6.07 Å². The fraction of sp³-hybridized carbons (Fsp3) is 0.357. The van der Waals surface area contributed by atoms with Gasteiger partial charge in [0.25, 0.3) is 0 Å². The topological polar surface area (TPSA) is 29.9 Å². The molecule has 0 saturated heterocycles. The van der Waals surface area contributed by atoms with Gasteiger partial charge in [-0.3, -0.25) is 4.68 Å². The van der Waals surface area contributed by atoms with E-state index in [0.29, 0.717) is 17.1 Å². The first-order valence-electron chi connectivity index (χ1n) is 6.36. The fourth-order valence-electron chi connectivity index (χ4n) is 1.87. The van der Waals surface area contributed by atoms with Crippen molar-refractivity contribution in [3.8, 4) is 0 Å². The molecule has 0 unspecified atom stereocenters. The molecule has 2 aromatic rings. The van der Waals surface area contributed by atoms with Gasteiger partial charge in [0, 0.05) is 23.3 Å². The molecule has 3 nitrogen and oxygen atoms in total. The predicted octanol–water partition coefficient (Wildman–Crippen LogP) is 3.22. The van der Waals surface area contributed by atoms with Crippen molar-refractivity contribution in [2.75, 3.05) is 6.54 Å². The molecule has 0 bridgehead atoms. The van der Waals surface area contributed by atoms with E-state index in [1.165, 1.54) is 6.07 Å². The van der Waals surface area contributed by atoms with Gasteiger partial charge in [-0.15, -0.1) is 0 Å². The number of halogens is 2. The van der Waals surface area contributed by atoms with Crippen LogP contribution in [-0.2, 0) is 13.1 Å². The summed E-state index contributed by atoms with van der Waals surface area (Å²) >= 11 is 5.89. The summed E-state index contributed by atoms with van der Waals surface area (Å²) in [6, 6.07) is 6.51. The van der Waals surface area contributed by atoms with Crippen LogP contribution in [0.1, 0.15) is 24.6 Å². The molecule has 5 heteroatoms. The van der Waals surface area contributed by atoms with Crippen molar-refractivity contribution in [3.63, 3.8) is 0 Å². The minimum absolute atomic E-state index is 0.257. The smallest absolute Gasteiger partial charge is 0.128 e. The van der Waals surface area contributed by atoms with Crippen LogP contribution in [0.25, 0.3) is 0 Å². The van der Waals surface area contributed by atoms with Crippen molar-refractivity contribution in [1.82, 2.24) is 15.1 Å². The van der Waals surface area contributed by atoms with E-state index in [9.17, 15) is 4.39 Å². The summed E-state index contributed by atoms with van der Waals surface area (Å²) in [6.07, 6.45) is 2.81. The Morgan fingerprint density at radius 2 is 2.21 bits per heavy atom. The Hall–Kier alpha value is -1.39. The molecule has 0 aliphatic carbocycles. The van der Waals surface area contributed by atoms with E-state index in [4.69, 9.17) is 11.6 Å². The third-order valence-corrected chi connectivity index (χ3v) is 3.10. The Bertz CT molecular complexity index is 539. The highest BCUT2D eigenvalue weighted by atomic mass is 35.5. The molecule has 1 aromatic carbocycles. The average Bonchev–Trinajstić information content (AvgIpc) is 2.82. The lowest BCUT2D eigenvalue weighted by molar-refractivity contribution is 0.560. The van der Waals surface area contributed by atoms with Gasteiger partial charge in [0.1, 0.15) is 5.82 Å². The molecular weight excluding hydrogens is 265 g/mol. The molecule has 0 aliphatic heterocycles. The second kappa shape index (κ2) is 6.68. The second-order valence-electron chi connectivity index (χ2n) is 4.39. The van der Waals surface area contributed by atoms with E-state index in [2.05, 4.69) is 17.3 Å². The quantitative estimate of drug-likeness (QED) is 0.824. The van der Waals surface area contributed by atoms with Crippen molar-refractivity contribution in [2.24, 2.45) is 0 Å². The SMILES string of the molecule is CCCNCc1ccnn1Cc1cc(Cl)ccc1F. The van der Waals surface area contributed by atoms with E-state index in [0.717, 1.165) is 25.2 Å². The van der Waals surface area contributed by atoms with Gasteiger partial charge < -0.3 is 5.32 Å². The molecule has 0 saturated carbocycles. The molecule has 19 heavy (non-hydrogen) atoms. The lowest BCUT2D eigenvalue weighted by Gasteiger charge is -2.09. The number of benzene rings is 1. The van der Waals surface area contributed by atoms with Gasteiger partial charge in [-0.25, -0.2) is 4.39 Å². The second-order valence-corrected chi connectivity index (χ2v) is 4.83. The maximum atomic E-state index is 13.7. The normalized spacial score (nSPS) is 10.9. The standard InChI is InChI=1S/C14H17ClFN3/c1-2-6-17-9-13-5-7-18-19(13)10-11-8-12(15)3-4-14(11)16/h3-5,7-8,17H,2,6,9-10H2,1H3. The summed E-state index contributed by atoms with van der Waals surface area (Å²) in [5, 5.41) is 8.07. The molecule has 2 rings (SSSR count). The minimum Gasteiger partial charge on any atom is -0.311 e. The Morgan fingerprint density at radius 1 is 1.37 bits per heavy atom. The fourth-order valence-corrected chi connectivity index (χ4v) is 2.07. The highest BCUT2D eigenvalue weighted by molar-refractivity contribution is 6.30. The molecule has 1 N–H and O–H groups in total. The summed E-state index contributed by atoms with van der Waals surface area (Å²) in [4.78, 5) is 0. The Morgan fingerprint density at radius 3 is 3.00 bits per heavy atom. The van der Waals surface area contributed by atoms with Gasteiger partial charge in [-0.2, -0.15) is 5.10 Å². The van der Waals surface area contributed by atoms with Gasteiger partial charge in [-0.1, -0.05) is 18.5 Å². The molecule has 0 aliphatic rings. The van der Waals surface area contributed by atoms with Crippen molar-refractivity contribution in [3.05, 3.63) is 52.6 Å². The van der Waals surface area contributed by atoms with Crippen LogP contribution < -0.4 is 5.32 Å².